The predicted molar refractivity (Wildman–Crippen MR) is 88.6 cm³/mol. The number of ether oxygens (including phenoxy) is 1. The first kappa shape index (κ1) is 15.7. The van der Waals surface area contributed by atoms with Gasteiger partial charge in [-0.25, -0.2) is 4.98 Å². The van der Waals surface area contributed by atoms with Gasteiger partial charge in [-0.15, -0.1) is 0 Å². The summed E-state index contributed by atoms with van der Waals surface area (Å²) in [7, 11) is 1.61. The van der Waals surface area contributed by atoms with Crippen LogP contribution in [-0.2, 0) is 17.9 Å². The van der Waals surface area contributed by atoms with Crippen LogP contribution in [0.5, 0.6) is 0 Å². The zero-order chi connectivity index (χ0) is 16.1. The molecule has 1 aliphatic rings. The molecule has 0 bridgehead atoms. The second-order valence-electron chi connectivity index (χ2n) is 5.89. The average molecular weight is 315 g/mol. The van der Waals surface area contributed by atoms with Gasteiger partial charge in [-0.2, -0.15) is 0 Å². The van der Waals surface area contributed by atoms with E-state index in [1.165, 1.54) is 11.6 Å². The van der Waals surface area contributed by atoms with Gasteiger partial charge in [-0.1, -0.05) is 30.3 Å². The molecule has 1 aromatic carbocycles. The van der Waals surface area contributed by atoms with E-state index in [9.17, 15) is 4.79 Å². The number of anilines is 1. The van der Waals surface area contributed by atoms with Gasteiger partial charge in [0.15, 0.2) is 0 Å². The lowest BCUT2D eigenvalue weighted by Gasteiger charge is -2.32. The largest absolute Gasteiger partial charge is 0.378 e. The van der Waals surface area contributed by atoms with Crippen LogP contribution in [0, 0.1) is 0 Å². The summed E-state index contributed by atoms with van der Waals surface area (Å²) in [4.78, 5) is 22.8. The number of methoxy groups -OCH3 is 1. The molecule has 6 nitrogen and oxygen atoms in total. The van der Waals surface area contributed by atoms with Crippen molar-refractivity contribution in [3.63, 3.8) is 0 Å². The molecule has 1 aromatic heterocycles. The highest BCUT2D eigenvalue weighted by Gasteiger charge is 2.22. The first-order valence-corrected chi connectivity index (χ1v) is 7.96. The molecule has 122 valence electrons. The Kier molecular flexibility index (Phi) is 5.05. The third-order valence-corrected chi connectivity index (χ3v) is 4.14. The van der Waals surface area contributed by atoms with E-state index in [4.69, 9.17) is 4.74 Å². The highest BCUT2D eigenvalue weighted by atomic mass is 16.5. The minimum atomic E-state index is -0.124. The molecule has 2 aromatic rings. The van der Waals surface area contributed by atoms with Gasteiger partial charge in [0.2, 0.25) is 5.95 Å². The maximum absolute atomic E-state index is 11.8. The molecule has 0 atom stereocenters. The van der Waals surface area contributed by atoms with Gasteiger partial charge < -0.3 is 14.5 Å². The van der Waals surface area contributed by atoms with E-state index < -0.39 is 0 Å². The quantitative estimate of drug-likeness (QED) is 0.804. The van der Waals surface area contributed by atoms with Crippen LogP contribution in [0.25, 0.3) is 0 Å². The maximum Gasteiger partial charge on any atom is 0.252 e. The molecule has 23 heavy (non-hydrogen) atoms. The van der Waals surface area contributed by atoms with Crippen LogP contribution >= 0.6 is 0 Å². The maximum atomic E-state index is 11.8. The molecule has 0 spiro atoms. The molecule has 0 unspecified atom stereocenters. The Bertz CT molecular complexity index is 678. The number of aromatic amines is 1. The molecule has 0 amide bonds. The number of rotatable bonds is 5. The topological polar surface area (TPSA) is 62.7 Å². The number of aromatic nitrogens is 2. The molecule has 1 saturated heterocycles. The van der Waals surface area contributed by atoms with Gasteiger partial charge in [0.25, 0.3) is 5.56 Å². The smallest absolute Gasteiger partial charge is 0.252 e. The molecular weight excluding hydrogens is 292 g/mol. The van der Waals surface area contributed by atoms with Crippen LogP contribution in [-0.4, -0.2) is 43.3 Å². The summed E-state index contributed by atoms with van der Waals surface area (Å²) in [6.07, 6.45) is 0. The zero-order valence-electron chi connectivity index (χ0n) is 13.4. The van der Waals surface area contributed by atoms with Crippen molar-refractivity contribution in [1.82, 2.24) is 9.97 Å². The fraction of sp³-hybridized carbons (Fsp3) is 0.412. The van der Waals surface area contributed by atoms with E-state index in [0.29, 0.717) is 18.2 Å². The fourth-order valence-electron chi connectivity index (χ4n) is 2.96. The second-order valence-corrected chi connectivity index (χ2v) is 5.89. The average Bonchev–Trinajstić information content (AvgIpc) is 2.56. The van der Waals surface area contributed by atoms with Gasteiger partial charge in [0.05, 0.1) is 38.5 Å². The number of benzene rings is 1. The van der Waals surface area contributed by atoms with Crippen molar-refractivity contribution >= 4 is 5.95 Å². The van der Waals surface area contributed by atoms with Crippen molar-refractivity contribution in [1.29, 1.82) is 0 Å². The van der Waals surface area contributed by atoms with Gasteiger partial charge in [-0.3, -0.25) is 9.78 Å². The number of hydrogen-bond donors (Lipinski definition) is 2. The minimum absolute atomic E-state index is 0.124. The lowest BCUT2D eigenvalue weighted by Crippen LogP contribution is -3.13. The Hall–Kier alpha value is -2.18. The normalized spacial score (nSPS) is 15.8. The number of piperazine rings is 1. The lowest BCUT2D eigenvalue weighted by atomic mass is 10.2. The summed E-state index contributed by atoms with van der Waals surface area (Å²) >= 11 is 0. The van der Waals surface area contributed by atoms with E-state index in [1.807, 2.05) is 6.07 Å². The highest BCUT2D eigenvalue weighted by Crippen LogP contribution is 2.06. The first-order valence-electron chi connectivity index (χ1n) is 7.96. The Morgan fingerprint density at radius 3 is 2.70 bits per heavy atom. The molecule has 0 aliphatic carbocycles. The predicted octanol–water partition coefficient (Wildman–Crippen LogP) is -0.179. The molecule has 2 heterocycles. The van der Waals surface area contributed by atoms with Gasteiger partial charge >= 0.3 is 0 Å². The van der Waals surface area contributed by atoms with Crippen molar-refractivity contribution in [2.75, 3.05) is 38.2 Å². The van der Waals surface area contributed by atoms with Crippen LogP contribution in [0.3, 0.4) is 0 Å². The van der Waals surface area contributed by atoms with Gasteiger partial charge in [0, 0.05) is 18.7 Å². The number of nitrogens with one attached hydrogen (secondary N) is 2. The molecule has 1 aliphatic heterocycles. The number of quaternary nitrogens is 1. The Balaban J connectivity index is 1.61. The number of nitrogens with zero attached hydrogens (tertiary/aromatic N) is 2. The van der Waals surface area contributed by atoms with Gasteiger partial charge in [0.1, 0.15) is 6.54 Å². The molecular formula is C17H23N4O2+. The van der Waals surface area contributed by atoms with Crippen LogP contribution in [0.1, 0.15) is 11.3 Å². The Labute approximate surface area is 135 Å². The van der Waals surface area contributed by atoms with Crippen LogP contribution in [0.4, 0.5) is 5.95 Å². The molecule has 0 radical (unpaired) electrons. The summed E-state index contributed by atoms with van der Waals surface area (Å²) in [5.41, 5.74) is 1.91. The van der Waals surface area contributed by atoms with Crippen molar-refractivity contribution in [3.05, 3.63) is 58.0 Å². The zero-order valence-corrected chi connectivity index (χ0v) is 13.4. The fourth-order valence-corrected chi connectivity index (χ4v) is 2.96. The van der Waals surface area contributed by atoms with Crippen molar-refractivity contribution in [2.24, 2.45) is 0 Å². The third kappa shape index (κ3) is 4.18. The van der Waals surface area contributed by atoms with Crippen molar-refractivity contribution in [3.8, 4) is 0 Å². The summed E-state index contributed by atoms with van der Waals surface area (Å²) < 4.78 is 5.07. The number of H-pyrrole nitrogens is 1. The molecule has 6 heteroatoms. The van der Waals surface area contributed by atoms with E-state index in [0.717, 1.165) is 32.7 Å². The van der Waals surface area contributed by atoms with E-state index in [-0.39, 0.29) is 5.56 Å². The lowest BCUT2D eigenvalue weighted by molar-refractivity contribution is -0.914. The second kappa shape index (κ2) is 7.39. The standard InChI is InChI=1S/C17H22N4O2/c1-23-13-15-11-16(22)19-17(18-15)21-9-7-20(8-10-21)12-14-5-3-2-4-6-14/h2-6,11H,7-10,12-13H2,1H3,(H,18,19,22)/p+1. The molecule has 0 saturated carbocycles. The molecule has 1 fully saturated rings. The monoisotopic (exact) mass is 315 g/mol. The Morgan fingerprint density at radius 1 is 1.26 bits per heavy atom. The molecule has 3 rings (SSSR count). The van der Waals surface area contributed by atoms with Crippen LogP contribution < -0.4 is 15.4 Å². The SMILES string of the molecule is COCc1cc(=O)[nH]c(N2CC[NH+](Cc3ccccc3)CC2)n1. The van der Waals surface area contributed by atoms with E-state index in [2.05, 4.69) is 39.1 Å². The third-order valence-electron chi connectivity index (χ3n) is 4.14. The number of hydrogen-bond acceptors (Lipinski definition) is 4. The Morgan fingerprint density at radius 2 is 2.00 bits per heavy atom. The minimum Gasteiger partial charge on any atom is -0.378 e. The summed E-state index contributed by atoms with van der Waals surface area (Å²) in [5, 5.41) is 0. The van der Waals surface area contributed by atoms with Crippen molar-refractivity contribution < 1.29 is 9.64 Å². The van der Waals surface area contributed by atoms with E-state index >= 15 is 0 Å². The van der Waals surface area contributed by atoms with E-state index in [1.54, 1.807) is 12.0 Å². The first-order chi connectivity index (χ1) is 11.2. The van der Waals surface area contributed by atoms with Crippen molar-refractivity contribution in [2.45, 2.75) is 13.2 Å². The van der Waals surface area contributed by atoms with Gasteiger partial charge in [-0.05, 0) is 0 Å². The summed E-state index contributed by atoms with van der Waals surface area (Å²) in [5.74, 6) is 0.656. The van der Waals surface area contributed by atoms with Crippen LogP contribution in [0.2, 0.25) is 0 Å². The van der Waals surface area contributed by atoms with Crippen LogP contribution in [0.15, 0.2) is 41.2 Å². The highest BCUT2D eigenvalue weighted by molar-refractivity contribution is 5.30. The molecule has 2 N–H and O–H groups in total. The summed E-state index contributed by atoms with van der Waals surface area (Å²) in [6, 6.07) is 12.1. The summed E-state index contributed by atoms with van der Waals surface area (Å²) in [6.45, 7) is 5.25.